The van der Waals surface area contributed by atoms with Gasteiger partial charge in [0.15, 0.2) is 17.3 Å². The normalized spacial score (nSPS) is 12.1. The molecule has 5 heterocycles. The van der Waals surface area contributed by atoms with E-state index < -0.39 is 5.91 Å². The molecule has 0 unspecified atom stereocenters. The summed E-state index contributed by atoms with van der Waals surface area (Å²) in [5.41, 5.74) is 17.9. The van der Waals surface area contributed by atoms with Crippen LogP contribution >= 0.6 is 0 Å². The van der Waals surface area contributed by atoms with Gasteiger partial charge in [0.2, 0.25) is 5.91 Å². The van der Waals surface area contributed by atoms with E-state index in [1.54, 1.807) is 29.2 Å². The van der Waals surface area contributed by atoms with Gasteiger partial charge < -0.3 is 11.5 Å². The van der Waals surface area contributed by atoms with Gasteiger partial charge in [-0.05, 0) is 85.0 Å². The lowest BCUT2D eigenvalue weighted by molar-refractivity contribution is 0.1000. The highest BCUT2D eigenvalue weighted by Crippen LogP contribution is 2.32. The van der Waals surface area contributed by atoms with Crippen LogP contribution in [0.15, 0.2) is 91.6 Å². The van der Waals surface area contributed by atoms with Crippen LogP contribution in [0.25, 0.3) is 34.1 Å². The summed E-state index contributed by atoms with van der Waals surface area (Å²) < 4.78 is 3.83. The number of nitrogen functional groups attached to an aromatic ring is 1. The molecule has 6 aromatic rings. The van der Waals surface area contributed by atoms with Gasteiger partial charge >= 0.3 is 0 Å². The van der Waals surface area contributed by atoms with Crippen molar-refractivity contribution in [3.05, 3.63) is 108 Å². The van der Waals surface area contributed by atoms with Crippen molar-refractivity contribution in [2.24, 2.45) is 5.73 Å². The standard InChI is InChI=1S/C23H19N7.C6H6N2O/c24-21-18(6-2-11-25-21)22-27-19-9-10-20(29-13-3-12-26-29)28-23(19)30(22)17-8-7-15-4-1-5-16(15)14-17;7-6(9)5-1-3-8-4-2-5/h2-3,6-14H,1,4-5H2,(H2,24,25);1-4H,(H2,7,9). The third-order valence-corrected chi connectivity index (χ3v) is 6.61. The molecule has 0 saturated carbocycles. The number of rotatable bonds is 4. The number of benzene rings is 1. The van der Waals surface area contributed by atoms with E-state index in [0.717, 1.165) is 46.9 Å². The Balaban J connectivity index is 0.000000263. The lowest BCUT2D eigenvalue weighted by atomic mass is 10.1. The molecule has 0 aliphatic heterocycles. The highest BCUT2D eigenvalue weighted by atomic mass is 16.1. The van der Waals surface area contributed by atoms with Gasteiger partial charge in [-0.1, -0.05) is 6.07 Å². The summed E-state index contributed by atoms with van der Waals surface area (Å²) in [6.07, 6.45) is 11.8. The van der Waals surface area contributed by atoms with Crippen LogP contribution < -0.4 is 11.5 Å². The smallest absolute Gasteiger partial charge is 0.248 e. The predicted molar refractivity (Wildman–Crippen MR) is 148 cm³/mol. The second-order valence-corrected chi connectivity index (χ2v) is 9.08. The molecule has 0 spiro atoms. The first kappa shape index (κ1) is 24.0. The van der Waals surface area contributed by atoms with Crippen LogP contribution in [0.5, 0.6) is 0 Å². The number of nitrogens with zero attached hydrogens (tertiary/aromatic N) is 7. The maximum Gasteiger partial charge on any atom is 0.248 e. The van der Waals surface area contributed by atoms with Crippen LogP contribution in [0.1, 0.15) is 27.9 Å². The van der Waals surface area contributed by atoms with Crippen LogP contribution in [0.4, 0.5) is 5.82 Å². The number of aryl methyl sites for hydroxylation is 2. The van der Waals surface area contributed by atoms with E-state index in [0.29, 0.717) is 11.4 Å². The first-order valence-electron chi connectivity index (χ1n) is 12.5. The average Bonchev–Trinajstić information content (AvgIpc) is 3.73. The molecule has 10 heteroatoms. The van der Waals surface area contributed by atoms with Gasteiger partial charge in [-0.2, -0.15) is 5.10 Å². The third kappa shape index (κ3) is 4.71. The van der Waals surface area contributed by atoms with E-state index in [9.17, 15) is 4.79 Å². The van der Waals surface area contributed by atoms with Crippen LogP contribution in [0.3, 0.4) is 0 Å². The summed E-state index contributed by atoms with van der Waals surface area (Å²) in [4.78, 5) is 28.2. The van der Waals surface area contributed by atoms with E-state index in [1.165, 1.54) is 29.9 Å². The number of amides is 1. The van der Waals surface area contributed by atoms with Gasteiger partial charge in [-0.15, -0.1) is 0 Å². The second-order valence-electron chi connectivity index (χ2n) is 9.08. The molecule has 0 saturated heterocycles. The van der Waals surface area contributed by atoms with Crippen LogP contribution in [-0.2, 0) is 12.8 Å². The molecule has 1 amide bonds. The summed E-state index contributed by atoms with van der Waals surface area (Å²) in [5.74, 6) is 1.50. The lowest BCUT2D eigenvalue weighted by Gasteiger charge is -2.12. The Hall–Kier alpha value is -5.38. The number of hydrogen-bond donors (Lipinski definition) is 2. The van der Waals surface area contributed by atoms with Crippen molar-refractivity contribution in [2.45, 2.75) is 19.3 Å². The molecular weight excluding hydrogens is 490 g/mol. The summed E-state index contributed by atoms with van der Waals surface area (Å²) in [6.45, 7) is 0. The molecule has 1 aliphatic rings. The minimum Gasteiger partial charge on any atom is -0.383 e. The average molecular weight is 516 g/mol. The molecule has 4 N–H and O–H groups in total. The summed E-state index contributed by atoms with van der Waals surface area (Å²) in [6, 6.07) is 19.4. The molecule has 7 rings (SSSR count). The zero-order chi connectivity index (χ0) is 26.8. The van der Waals surface area contributed by atoms with Gasteiger partial charge in [0.05, 0.1) is 5.56 Å². The van der Waals surface area contributed by atoms with Crippen LogP contribution in [0.2, 0.25) is 0 Å². The first-order chi connectivity index (χ1) is 19.1. The Morgan fingerprint density at radius 3 is 2.46 bits per heavy atom. The Kier molecular flexibility index (Phi) is 6.26. The monoisotopic (exact) mass is 515 g/mol. The number of carbonyl (C=O) groups is 1. The number of pyridine rings is 3. The molecule has 0 atom stereocenters. The minimum absolute atomic E-state index is 0.419. The van der Waals surface area contributed by atoms with Crippen molar-refractivity contribution in [3.63, 3.8) is 0 Å². The number of hydrogen-bond acceptors (Lipinski definition) is 7. The van der Waals surface area contributed by atoms with Crippen molar-refractivity contribution in [2.75, 3.05) is 5.73 Å². The maximum atomic E-state index is 10.4. The van der Waals surface area contributed by atoms with E-state index in [-0.39, 0.29) is 0 Å². The zero-order valence-electron chi connectivity index (χ0n) is 21.0. The minimum atomic E-state index is -0.419. The second kappa shape index (κ2) is 10.2. The molecule has 10 nitrogen and oxygen atoms in total. The molecule has 1 aliphatic carbocycles. The van der Waals surface area contributed by atoms with Gasteiger partial charge in [-0.25, -0.2) is 19.6 Å². The van der Waals surface area contributed by atoms with E-state index >= 15 is 0 Å². The Morgan fingerprint density at radius 1 is 0.872 bits per heavy atom. The predicted octanol–water partition coefficient (Wildman–Crippen LogP) is 3.92. The number of anilines is 1. The van der Waals surface area contributed by atoms with Crippen LogP contribution in [0, 0.1) is 0 Å². The summed E-state index contributed by atoms with van der Waals surface area (Å²) >= 11 is 0. The van der Waals surface area contributed by atoms with E-state index in [1.807, 2.05) is 36.5 Å². The number of aromatic nitrogens is 7. The molecular formula is C29H25N9O. The highest BCUT2D eigenvalue weighted by molar-refractivity contribution is 5.92. The van der Waals surface area contributed by atoms with E-state index in [4.69, 9.17) is 21.4 Å². The fraction of sp³-hybridized carbons (Fsp3) is 0.103. The Morgan fingerprint density at radius 2 is 1.72 bits per heavy atom. The summed E-state index contributed by atoms with van der Waals surface area (Å²) in [7, 11) is 0. The largest absolute Gasteiger partial charge is 0.383 e. The van der Waals surface area contributed by atoms with Gasteiger partial charge in [0.25, 0.3) is 0 Å². The quantitative estimate of drug-likeness (QED) is 0.362. The number of fused-ring (bicyclic) bond motifs is 2. The third-order valence-electron chi connectivity index (χ3n) is 6.61. The number of carbonyl (C=O) groups excluding carboxylic acids is 1. The first-order valence-corrected chi connectivity index (χ1v) is 12.5. The van der Waals surface area contributed by atoms with Crippen molar-refractivity contribution in [1.29, 1.82) is 0 Å². The van der Waals surface area contributed by atoms with E-state index in [2.05, 4.69) is 37.8 Å². The highest BCUT2D eigenvalue weighted by Gasteiger charge is 2.20. The fourth-order valence-electron chi connectivity index (χ4n) is 4.72. The Bertz CT molecular complexity index is 1780. The number of primary amides is 1. The van der Waals surface area contributed by atoms with Gasteiger partial charge in [-0.3, -0.25) is 14.3 Å². The number of imidazole rings is 1. The fourth-order valence-corrected chi connectivity index (χ4v) is 4.72. The van der Waals surface area contributed by atoms with Gasteiger partial charge in [0, 0.05) is 42.2 Å². The number of nitrogens with two attached hydrogens (primary N) is 2. The van der Waals surface area contributed by atoms with Crippen molar-refractivity contribution in [1.82, 2.24) is 34.3 Å². The van der Waals surface area contributed by atoms with Crippen LogP contribution in [-0.4, -0.2) is 40.2 Å². The summed E-state index contributed by atoms with van der Waals surface area (Å²) in [5, 5.41) is 4.32. The molecule has 5 aromatic heterocycles. The Labute approximate surface area is 224 Å². The molecule has 39 heavy (non-hydrogen) atoms. The maximum absolute atomic E-state index is 10.4. The molecule has 1 aromatic carbocycles. The molecule has 0 bridgehead atoms. The SMILES string of the molecule is NC(=O)c1ccncc1.Nc1ncccc1-c1nc2ccc(-n3cccn3)nc2n1-c1ccc2c(c1)CCC2. The molecule has 192 valence electrons. The molecule has 0 radical (unpaired) electrons. The van der Waals surface area contributed by atoms with Crippen molar-refractivity contribution < 1.29 is 4.79 Å². The lowest BCUT2D eigenvalue weighted by Crippen LogP contribution is -2.10. The van der Waals surface area contributed by atoms with Crippen molar-refractivity contribution in [3.8, 4) is 22.9 Å². The zero-order valence-corrected chi connectivity index (χ0v) is 21.0. The van der Waals surface area contributed by atoms with Crippen molar-refractivity contribution >= 4 is 22.9 Å². The van der Waals surface area contributed by atoms with Gasteiger partial charge in [0.1, 0.15) is 11.3 Å². The molecule has 0 fully saturated rings. The topological polar surface area (TPSA) is 143 Å².